The summed E-state index contributed by atoms with van der Waals surface area (Å²) in [6, 6.07) is 4.82. The van der Waals surface area contributed by atoms with Crippen molar-refractivity contribution in [1.82, 2.24) is 4.31 Å². The standard InChI is InChI=1S/C15H24N2O4S.ClH/c1-20-13-5-6-14(21-2)15(10-13)22(18,19)17-9-3-4-12(11-17)7-8-16;/h5-6,10,12H,3-4,7-9,11,16H2,1-2H3;1H. The molecule has 0 aromatic heterocycles. The SMILES string of the molecule is COc1ccc(OC)c(S(=O)(=O)N2CCCC(CCN)C2)c1.Cl. The maximum Gasteiger partial charge on any atom is 0.246 e. The van der Waals surface area contributed by atoms with Crippen molar-refractivity contribution in [2.45, 2.75) is 24.2 Å². The summed E-state index contributed by atoms with van der Waals surface area (Å²) in [4.78, 5) is 0.155. The van der Waals surface area contributed by atoms with Crippen molar-refractivity contribution in [3.63, 3.8) is 0 Å². The summed E-state index contributed by atoms with van der Waals surface area (Å²) in [5, 5.41) is 0. The summed E-state index contributed by atoms with van der Waals surface area (Å²) in [5.41, 5.74) is 5.60. The number of hydrogen-bond donors (Lipinski definition) is 1. The van der Waals surface area contributed by atoms with Gasteiger partial charge in [-0.2, -0.15) is 4.31 Å². The second kappa shape index (κ2) is 8.73. The highest BCUT2D eigenvalue weighted by atomic mass is 35.5. The molecule has 23 heavy (non-hydrogen) atoms. The summed E-state index contributed by atoms with van der Waals surface area (Å²) in [6.45, 7) is 1.63. The van der Waals surface area contributed by atoms with Crippen molar-refractivity contribution < 1.29 is 17.9 Å². The van der Waals surface area contributed by atoms with Crippen LogP contribution in [-0.2, 0) is 10.0 Å². The number of halogens is 1. The lowest BCUT2D eigenvalue weighted by Crippen LogP contribution is -2.40. The first kappa shape index (κ1) is 20.0. The fourth-order valence-electron chi connectivity index (χ4n) is 2.84. The second-order valence-corrected chi connectivity index (χ2v) is 7.37. The number of nitrogens with two attached hydrogens (primary N) is 1. The first-order valence-electron chi connectivity index (χ1n) is 7.45. The number of hydrogen-bond acceptors (Lipinski definition) is 5. The third-order valence-corrected chi connectivity index (χ3v) is 5.93. The van der Waals surface area contributed by atoms with E-state index in [0.717, 1.165) is 19.3 Å². The molecule has 1 saturated heterocycles. The third-order valence-electron chi connectivity index (χ3n) is 4.05. The van der Waals surface area contributed by atoms with Gasteiger partial charge in [-0.25, -0.2) is 8.42 Å². The summed E-state index contributed by atoms with van der Waals surface area (Å²) >= 11 is 0. The Balaban J connectivity index is 0.00000264. The number of methoxy groups -OCH3 is 2. The highest BCUT2D eigenvalue weighted by molar-refractivity contribution is 7.89. The second-order valence-electron chi connectivity index (χ2n) is 5.47. The monoisotopic (exact) mass is 364 g/mol. The van der Waals surface area contributed by atoms with Crippen LogP contribution in [0.3, 0.4) is 0 Å². The predicted octanol–water partition coefficient (Wildman–Crippen LogP) is 1.88. The molecule has 8 heteroatoms. The molecule has 132 valence electrons. The van der Waals surface area contributed by atoms with Gasteiger partial charge in [-0.15, -0.1) is 12.4 Å². The Morgan fingerprint density at radius 3 is 2.65 bits per heavy atom. The zero-order valence-electron chi connectivity index (χ0n) is 13.5. The smallest absolute Gasteiger partial charge is 0.246 e. The lowest BCUT2D eigenvalue weighted by atomic mass is 9.96. The van der Waals surface area contributed by atoms with Crippen LogP contribution in [0.25, 0.3) is 0 Å². The molecule has 2 N–H and O–H groups in total. The topological polar surface area (TPSA) is 81.9 Å². The highest BCUT2D eigenvalue weighted by Crippen LogP contribution is 2.32. The summed E-state index contributed by atoms with van der Waals surface area (Å²) in [6.07, 6.45) is 2.73. The third kappa shape index (κ3) is 4.50. The lowest BCUT2D eigenvalue weighted by Gasteiger charge is -2.32. The molecule has 1 atom stereocenters. The van der Waals surface area contributed by atoms with E-state index in [1.807, 2.05) is 0 Å². The zero-order chi connectivity index (χ0) is 16.2. The van der Waals surface area contributed by atoms with E-state index >= 15 is 0 Å². The molecule has 1 unspecified atom stereocenters. The fraction of sp³-hybridized carbons (Fsp3) is 0.600. The van der Waals surface area contributed by atoms with Crippen LogP contribution in [0.5, 0.6) is 11.5 Å². The molecule has 0 amide bonds. The average Bonchev–Trinajstić information content (AvgIpc) is 2.54. The Hall–Kier alpha value is -1.02. The van der Waals surface area contributed by atoms with Gasteiger partial charge in [0.25, 0.3) is 0 Å². The number of ether oxygens (including phenoxy) is 2. The largest absolute Gasteiger partial charge is 0.497 e. The van der Waals surface area contributed by atoms with Gasteiger partial charge in [0.1, 0.15) is 16.4 Å². The number of benzene rings is 1. The van der Waals surface area contributed by atoms with Crippen molar-refractivity contribution in [2.75, 3.05) is 33.9 Å². The molecule has 0 aliphatic carbocycles. The molecule has 0 spiro atoms. The molecular weight excluding hydrogens is 340 g/mol. The molecule has 1 aliphatic rings. The zero-order valence-corrected chi connectivity index (χ0v) is 15.2. The van der Waals surface area contributed by atoms with Crippen molar-refractivity contribution in [3.05, 3.63) is 18.2 Å². The van der Waals surface area contributed by atoms with E-state index in [0.29, 0.717) is 37.1 Å². The van der Waals surface area contributed by atoms with Gasteiger partial charge in [0.2, 0.25) is 10.0 Å². The van der Waals surface area contributed by atoms with Gasteiger partial charge in [0, 0.05) is 19.2 Å². The quantitative estimate of drug-likeness (QED) is 0.833. The molecule has 0 bridgehead atoms. The van der Waals surface area contributed by atoms with Gasteiger partial charge in [0.15, 0.2) is 0 Å². The molecule has 6 nitrogen and oxygen atoms in total. The van der Waals surface area contributed by atoms with Gasteiger partial charge in [-0.1, -0.05) is 0 Å². The minimum absolute atomic E-state index is 0. The van der Waals surface area contributed by atoms with Crippen LogP contribution >= 0.6 is 12.4 Å². The van der Waals surface area contributed by atoms with Crippen LogP contribution in [0.2, 0.25) is 0 Å². The normalized spacial score (nSPS) is 19.0. The Morgan fingerprint density at radius 2 is 2.04 bits per heavy atom. The minimum atomic E-state index is -3.60. The summed E-state index contributed by atoms with van der Waals surface area (Å²) < 4.78 is 37.8. The summed E-state index contributed by atoms with van der Waals surface area (Å²) in [7, 11) is -0.624. The van der Waals surface area contributed by atoms with E-state index in [1.165, 1.54) is 24.6 Å². The van der Waals surface area contributed by atoms with Crippen molar-refractivity contribution >= 4 is 22.4 Å². The van der Waals surface area contributed by atoms with E-state index in [2.05, 4.69) is 0 Å². The van der Waals surface area contributed by atoms with Gasteiger partial charge in [0.05, 0.1) is 14.2 Å². The first-order valence-corrected chi connectivity index (χ1v) is 8.89. The van der Waals surface area contributed by atoms with Gasteiger partial charge in [-0.05, 0) is 43.9 Å². The van der Waals surface area contributed by atoms with Crippen LogP contribution in [0.1, 0.15) is 19.3 Å². The van der Waals surface area contributed by atoms with E-state index < -0.39 is 10.0 Å². The average molecular weight is 365 g/mol. The fourth-order valence-corrected chi connectivity index (χ4v) is 4.57. The molecule has 1 heterocycles. The van der Waals surface area contributed by atoms with Crippen LogP contribution in [0, 0.1) is 5.92 Å². The highest BCUT2D eigenvalue weighted by Gasteiger charge is 2.32. The van der Waals surface area contributed by atoms with E-state index in [-0.39, 0.29) is 17.3 Å². The van der Waals surface area contributed by atoms with Gasteiger partial charge in [-0.3, -0.25) is 0 Å². The van der Waals surface area contributed by atoms with Crippen LogP contribution in [0.15, 0.2) is 23.1 Å². The van der Waals surface area contributed by atoms with Crippen molar-refractivity contribution in [1.29, 1.82) is 0 Å². The molecule has 0 radical (unpaired) electrons. The molecule has 1 aromatic rings. The van der Waals surface area contributed by atoms with E-state index in [9.17, 15) is 8.42 Å². The van der Waals surface area contributed by atoms with E-state index in [4.69, 9.17) is 15.2 Å². The Kier molecular flexibility index (Phi) is 7.60. The van der Waals surface area contributed by atoms with Crippen LogP contribution in [0.4, 0.5) is 0 Å². The molecule has 2 rings (SSSR count). The molecule has 1 aliphatic heterocycles. The van der Waals surface area contributed by atoms with Crippen molar-refractivity contribution in [2.24, 2.45) is 11.7 Å². The number of piperidine rings is 1. The maximum atomic E-state index is 12.9. The molecule has 0 saturated carbocycles. The van der Waals surface area contributed by atoms with Crippen LogP contribution < -0.4 is 15.2 Å². The Labute approximate surface area is 144 Å². The predicted molar refractivity (Wildman–Crippen MR) is 91.9 cm³/mol. The van der Waals surface area contributed by atoms with Crippen LogP contribution in [-0.4, -0.2) is 46.6 Å². The molecule has 1 aromatic carbocycles. The number of sulfonamides is 1. The summed E-state index contributed by atoms with van der Waals surface area (Å²) in [5.74, 6) is 1.15. The minimum Gasteiger partial charge on any atom is -0.497 e. The maximum absolute atomic E-state index is 12.9. The number of nitrogens with zero attached hydrogens (tertiary/aromatic N) is 1. The molecule has 1 fully saturated rings. The lowest BCUT2D eigenvalue weighted by molar-refractivity contribution is 0.257. The first-order chi connectivity index (χ1) is 10.5. The van der Waals surface area contributed by atoms with Gasteiger partial charge >= 0.3 is 0 Å². The van der Waals surface area contributed by atoms with Gasteiger partial charge < -0.3 is 15.2 Å². The van der Waals surface area contributed by atoms with Crippen molar-refractivity contribution in [3.8, 4) is 11.5 Å². The number of rotatable bonds is 6. The Morgan fingerprint density at radius 1 is 1.30 bits per heavy atom. The Bertz CT molecular complexity index is 607. The molecular formula is C15H25ClN2O4S. The van der Waals surface area contributed by atoms with E-state index in [1.54, 1.807) is 12.1 Å².